The first-order valence-electron chi connectivity index (χ1n) is 6.76. The van der Waals surface area contributed by atoms with Crippen molar-refractivity contribution in [2.45, 2.75) is 25.7 Å². The lowest BCUT2D eigenvalue weighted by Crippen LogP contribution is -2.34. The number of aromatic nitrogens is 1. The molecule has 0 aromatic carbocycles. The molecule has 19 heavy (non-hydrogen) atoms. The highest BCUT2D eigenvalue weighted by molar-refractivity contribution is 5.71. The number of hydrogen-bond donors (Lipinski definition) is 0. The zero-order valence-corrected chi connectivity index (χ0v) is 10.8. The van der Waals surface area contributed by atoms with Crippen LogP contribution in [0.1, 0.15) is 30.5 Å². The summed E-state index contributed by atoms with van der Waals surface area (Å²) in [6.45, 7) is 1.73. The molecule has 1 aromatic heterocycles. The molecule has 1 saturated heterocycles. The van der Waals surface area contributed by atoms with E-state index in [1.807, 2.05) is 12.3 Å². The topological polar surface area (TPSA) is 39.9 Å². The number of halogens is 1. The van der Waals surface area contributed by atoms with Gasteiger partial charge in [-0.15, -0.1) is 0 Å². The van der Waals surface area contributed by atoms with Gasteiger partial charge >= 0.3 is 0 Å². The van der Waals surface area contributed by atoms with Gasteiger partial charge in [-0.3, -0.25) is 4.98 Å². The molecule has 0 radical (unpaired) electrons. The number of allylic oxidation sites excluding steroid dienone is 1. The SMILES string of the molecule is N#CC1CCN(c2ccnc3c2C=C(F)CC3)CC1. The number of pyridine rings is 1. The Labute approximate surface area is 112 Å². The molecule has 98 valence electrons. The third-order valence-electron chi connectivity index (χ3n) is 3.97. The van der Waals surface area contributed by atoms with Crippen molar-refractivity contribution in [2.24, 2.45) is 5.92 Å². The summed E-state index contributed by atoms with van der Waals surface area (Å²) in [4.78, 5) is 6.60. The fraction of sp³-hybridized carbons (Fsp3) is 0.467. The molecule has 1 aliphatic heterocycles. The molecule has 3 rings (SSSR count). The Kier molecular flexibility index (Phi) is 3.20. The summed E-state index contributed by atoms with van der Waals surface area (Å²) >= 11 is 0. The molecule has 0 amide bonds. The Balaban J connectivity index is 1.89. The van der Waals surface area contributed by atoms with Crippen LogP contribution in [0.2, 0.25) is 0 Å². The zero-order chi connectivity index (χ0) is 13.2. The quantitative estimate of drug-likeness (QED) is 0.776. The van der Waals surface area contributed by atoms with Gasteiger partial charge in [0.05, 0.1) is 11.8 Å². The summed E-state index contributed by atoms with van der Waals surface area (Å²) in [6, 6.07) is 4.29. The number of nitrogens with zero attached hydrogens (tertiary/aromatic N) is 3. The second kappa shape index (κ2) is 5.00. The molecule has 0 bridgehead atoms. The zero-order valence-electron chi connectivity index (χ0n) is 10.8. The molecule has 2 heterocycles. The van der Waals surface area contributed by atoms with Crippen molar-refractivity contribution in [3.63, 3.8) is 0 Å². The molecule has 2 aliphatic rings. The van der Waals surface area contributed by atoms with Gasteiger partial charge in [0.25, 0.3) is 0 Å². The van der Waals surface area contributed by atoms with E-state index in [1.165, 1.54) is 0 Å². The second-order valence-electron chi connectivity index (χ2n) is 5.17. The highest BCUT2D eigenvalue weighted by Gasteiger charge is 2.23. The van der Waals surface area contributed by atoms with Gasteiger partial charge in [0.15, 0.2) is 0 Å². The number of aryl methyl sites for hydroxylation is 1. The predicted molar refractivity (Wildman–Crippen MR) is 72.2 cm³/mol. The minimum atomic E-state index is -0.0614. The monoisotopic (exact) mass is 257 g/mol. The summed E-state index contributed by atoms with van der Waals surface area (Å²) in [6.07, 6.45) is 6.35. The molecule has 0 saturated carbocycles. The van der Waals surface area contributed by atoms with Crippen molar-refractivity contribution in [3.8, 4) is 6.07 Å². The Bertz CT molecular complexity index is 551. The highest BCUT2D eigenvalue weighted by Crippen LogP contribution is 2.33. The van der Waals surface area contributed by atoms with Crippen molar-refractivity contribution in [2.75, 3.05) is 18.0 Å². The molecule has 4 heteroatoms. The van der Waals surface area contributed by atoms with Crippen LogP contribution in [0.3, 0.4) is 0 Å². The maximum atomic E-state index is 13.5. The van der Waals surface area contributed by atoms with E-state index >= 15 is 0 Å². The van der Waals surface area contributed by atoms with Crippen LogP contribution in [0.25, 0.3) is 6.08 Å². The normalized spacial score (nSPS) is 19.6. The third-order valence-corrected chi connectivity index (χ3v) is 3.97. The number of fused-ring (bicyclic) bond motifs is 1. The summed E-state index contributed by atoms with van der Waals surface area (Å²) < 4.78 is 13.5. The van der Waals surface area contributed by atoms with Gasteiger partial charge in [0.1, 0.15) is 5.83 Å². The molecule has 1 fully saturated rings. The lowest BCUT2D eigenvalue weighted by Gasteiger charge is -2.33. The van der Waals surface area contributed by atoms with Gasteiger partial charge in [-0.25, -0.2) is 4.39 Å². The van der Waals surface area contributed by atoms with Gasteiger partial charge in [-0.05, 0) is 31.4 Å². The molecule has 0 unspecified atom stereocenters. The lowest BCUT2D eigenvalue weighted by atomic mass is 9.95. The van der Waals surface area contributed by atoms with Crippen molar-refractivity contribution < 1.29 is 4.39 Å². The van der Waals surface area contributed by atoms with E-state index in [0.717, 1.165) is 42.9 Å². The van der Waals surface area contributed by atoms with Crippen LogP contribution >= 0.6 is 0 Å². The Morgan fingerprint density at radius 3 is 2.84 bits per heavy atom. The van der Waals surface area contributed by atoms with E-state index in [-0.39, 0.29) is 11.7 Å². The van der Waals surface area contributed by atoms with Crippen LogP contribution in [-0.4, -0.2) is 18.1 Å². The first-order valence-corrected chi connectivity index (χ1v) is 6.76. The molecular formula is C15H16FN3. The highest BCUT2D eigenvalue weighted by atomic mass is 19.1. The minimum absolute atomic E-state index is 0.0614. The molecule has 3 nitrogen and oxygen atoms in total. The van der Waals surface area contributed by atoms with Gasteiger partial charge in [-0.1, -0.05) is 0 Å². The number of hydrogen-bond acceptors (Lipinski definition) is 3. The standard InChI is InChI=1S/C15H16FN3/c16-12-1-2-14-13(9-12)15(3-6-18-14)19-7-4-11(10-17)5-8-19/h3,6,9,11H,1-2,4-5,7-8H2. The number of rotatable bonds is 1. The Morgan fingerprint density at radius 2 is 2.11 bits per heavy atom. The van der Waals surface area contributed by atoms with E-state index in [0.29, 0.717) is 12.8 Å². The first kappa shape index (κ1) is 12.2. The average molecular weight is 257 g/mol. The van der Waals surface area contributed by atoms with Crippen LogP contribution in [-0.2, 0) is 6.42 Å². The van der Waals surface area contributed by atoms with E-state index in [2.05, 4.69) is 16.0 Å². The first-order chi connectivity index (χ1) is 9.28. The second-order valence-corrected chi connectivity index (χ2v) is 5.17. The minimum Gasteiger partial charge on any atom is -0.371 e. The molecule has 0 atom stereocenters. The Hall–Kier alpha value is -1.89. The maximum absolute atomic E-state index is 13.5. The lowest BCUT2D eigenvalue weighted by molar-refractivity contribution is 0.487. The predicted octanol–water partition coefficient (Wildman–Crippen LogP) is 3.08. The number of nitriles is 1. The largest absolute Gasteiger partial charge is 0.371 e. The van der Waals surface area contributed by atoms with Crippen LogP contribution in [0.15, 0.2) is 18.1 Å². The maximum Gasteiger partial charge on any atom is 0.101 e. The summed E-state index contributed by atoms with van der Waals surface area (Å²) in [5, 5.41) is 8.94. The molecule has 1 aliphatic carbocycles. The van der Waals surface area contributed by atoms with Gasteiger partial charge in [0, 0.05) is 42.9 Å². The fourth-order valence-electron chi connectivity index (χ4n) is 2.85. The molecule has 0 spiro atoms. The van der Waals surface area contributed by atoms with Crippen molar-refractivity contribution in [3.05, 3.63) is 29.3 Å². The molecule has 0 N–H and O–H groups in total. The van der Waals surface area contributed by atoms with E-state index in [9.17, 15) is 4.39 Å². The van der Waals surface area contributed by atoms with E-state index < -0.39 is 0 Å². The van der Waals surface area contributed by atoms with Gasteiger partial charge < -0.3 is 4.90 Å². The molecular weight excluding hydrogens is 241 g/mol. The summed E-state index contributed by atoms with van der Waals surface area (Å²) in [7, 11) is 0. The number of piperidine rings is 1. The molecule has 1 aromatic rings. The van der Waals surface area contributed by atoms with Gasteiger partial charge in [-0.2, -0.15) is 5.26 Å². The van der Waals surface area contributed by atoms with Crippen LogP contribution < -0.4 is 4.90 Å². The van der Waals surface area contributed by atoms with E-state index in [1.54, 1.807) is 6.08 Å². The summed E-state index contributed by atoms with van der Waals surface area (Å²) in [5.74, 6) is 0.106. The van der Waals surface area contributed by atoms with Crippen molar-refractivity contribution in [1.82, 2.24) is 4.98 Å². The summed E-state index contributed by atoms with van der Waals surface area (Å²) in [5.41, 5.74) is 2.99. The Morgan fingerprint density at radius 1 is 1.32 bits per heavy atom. The van der Waals surface area contributed by atoms with Crippen molar-refractivity contribution >= 4 is 11.8 Å². The van der Waals surface area contributed by atoms with Crippen molar-refractivity contribution in [1.29, 1.82) is 5.26 Å². The van der Waals surface area contributed by atoms with Gasteiger partial charge in [0.2, 0.25) is 0 Å². The number of anilines is 1. The fourth-order valence-corrected chi connectivity index (χ4v) is 2.85. The van der Waals surface area contributed by atoms with Crippen LogP contribution in [0, 0.1) is 17.2 Å². The van der Waals surface area contributed by atoms with E-state index in [4.69, 9.17) is 5.26 Å². The van der Waals surface area contributed by atoms with Crippen LogP contribution in [0.4, 0.5) is 10.1 Å². The average Bonchev–Trinajstić information content (AvgIpc) is 2.47. The third kappa shape index (κ3) is 2.33. The smallest absolute Gasteiger partial charge is 0.101 e. The van der Waals surface area contributed by atoms with Crippen LogP contribution in [0.5, 0.6) is 0 Å².